The van der Waals surface area contributed by atoms with Gasteiger partial charge in [-0.2, -0.15) is 10.2 Å². The molecule has 1 aliphatic heterocycles. The van der Waals surface area contributed by atoms with Crippen LogP contribution in [0.1, 0.15) is 30.3 Å². The fourth-order valence-electron chi connectivity index (χ4n) is 4.64. The molecule has 0 fully saturated rings. The van der Waals surface area contributed by atoms with E-state index in [2.05, 4.69) is 42.2 Å². The molecule has 9 nitrogen and oxygen atoms in total. The van der Waals surface area contributed by atoms with Crippen molar-refractivity contribution >= 4 is 16.9 Å². The molecule has 5 aromatic rings. The molecule has 37 heavy (non-hydrogen) atoms. The number of halogens is 1. The molecule has 186 valence electrons. The molecule has 10 heteroatoms. The van der Waals surface area contributed by atoms with Gasteiger partial charge in [-0.1, -0.05) is 18.2 Å². The molecule has 0 spiro atoms. The zero-order valence-electron chi connectivity index (χ0n) is 20.5. The molecule has 6 rings (SSSR count). The monoisotopic (exact) mass is 496 g/mol. The highest BCUT2D eigenvalue weighted by molar-refractivity contribution is 5.78. The maximum Gasteiger partial charge on any atom is 0.156 e. The Morgan fingerprint density at radius 2 is 1.73 bits per heavy atom. The maximum atomic E-state index is 13.3. The Morgan fingerprint density at radius 3 is 2.41 bits per heavy atom. The van der Waals surface area contributed by atoms with E-state index in [1.54, 1.807) is 42.5 Å². The third-order valence-electron chi connectivity index (χ3n) is 6.84. The normalized spacial score (nSPS) is 15.6. The summed E-state index contributed by atoms with van der Waals surface area (Å²) in [5, 5.41) is 19.7. The molecular weight excluding hydrogens is 471 g/mol. The Morgan fingerprint density at radius 1 is 0.946 bits per heavy atom. The van der Waals surface area contributed by atoms with Crippen molar-refractivity contribution in [2.45, 2.75) is 18.9 Å². The highest BCUT2D eigenvalue weighted by atomic mass is 19.1. The number of aryl methyl sites for hydroxylation is 1. The maximum absolute atomic E-state index is 13.3. The third kappa shape index (κ3) is 4.25. The van der Waals surface area contributed by atoms with Crippen molar-refractivity contribution in [1.82, 2.24) is 34.3 Å². The van der Waals surface area contributed by atoms with Gasteiger partial charge in [0, 0.05) is 61.6 Å². The van der Waals surface area contributed by atoms with Gasteiger partial charge in [0.1, 0.15) is 23.3 Å². The van der Waals surface area contributed by atoms with E-state index in [0.717, 1.165) is 41.0 Å². The Hall–Kier alpha value is -4.44. The van der Waals surface area contributed by atoms with Crippen LogP contribution in [0.2, 0.25) is 0 Å². The molecule has 1 N–H and O–H groups in total. The van der Waals surface area contributed by atoms with Gasteiger partial charge in [0.25, 0.3) is 0 Å². The Bertz CT molecular complexity index is 1600. The molecule has 0 amide bonds. The van der Waals surface area contributed by atoms with Gasteiger partial charge in [-0.3, -0.25) is 4.68 Å². The van der Waals surface area contributed by atoms with Crippen LogP contribution in [0.25, 0.3) is 22.2 Å². The van der Waals surface area contributed by atoms with Crippen LogP contribution in [0.4, 0.5) is 10.2 Å². The summed E-state index contributed by atoms with van der Waals surface area (Å²) in [7, 11) is 1.90. The third-order valence-corrected chi connectivity index (χ3v) is 6.84. The van der Waals surface area contributed by atoms with E-state index in [1.807, 2.05) is 30.2 Å². The van der Waals surface area contributed by atoms with Crippen molar-refractivity contribution in [2.24, 2.45) is 7.05 Å². The predicted molar refractivity (Wildman–Crippen MR) is 137 cm³/mol. The lowest BCUT2D eigenvalue weighted by molar-refractivity contribution is 0.101. The summed E-state index contributed by atoms with van der Waals surface area (Å²) < 4.78 is 16.9. The quantitative estimate of drug-likeness (QED) is 0.397. The Balaban J connectivity index is 1.21. The number of hydrogen-bond acceptors (Lipinski definition) is 7. The minimum Gasteiger partial charge on any atom is -0.381 e. The molecule has 1 aromatic carbocycles. The van der Waals surface area contributed by atoms with Crippen LogP contribution in [-0.4, -0.2) is 52.5 Å². The summed E-state index contributed by atoms with van der Waals surface area (Å²) in [5.41, 5.74) is 3.83. The van der Waals surface area contributed by atoms with Gasteiger partial charge in [-0.15, -0.1) is 0 Å². The second-order valence-electron chi connectivity index (χ2n) is 9.34. The highest BCUT2D eigenvalue weighted by Crippen LogP contribution is 2.31. The van der Waals surface area contributed by atoms with Crippen molar-refractivity contribution in [3.63, 3.8) is 0 Å². The SMILES string of the molecule is Cn1cc(-c2cc3c(N4CC=C(c5ncc([C@](C)(O)c6ccc(F)cc6)cn5)CC4)ncnn3c2)cn1. The van der Waals surface area contributed by atoms with E-state index in [4.69, 9.17) is 0 Å². The van der Waals surface area contributed by atoms with Gasteiger partial charge >= 0.3 is 0 Å². The second-order valence-corrected chi connectivity index (χ2v) is 9.34. The summed E-state index contributed by atoms with van der Waals surface area (Å²) in [6.45, 7) is 3.07. The van der Waals surface area contributed by atoms with Crippen LogP contribution in [0, 0.1) is 5.82 Å². The molecule has 0 radical (unpaired) electrons. The number of fused-ring (bicyclic) bond motifs is 1. The standard InChI is InChI=1S/C27H25FN8O/c1-27(37,21-3-5-23(28)6-4-21)22-13-29-25(30-14-22)18-7-9-35(10-8-18)26-24-11-19(16-36(24)33-17-31-26)20-12-32-34(2)15-20/h3-7,11-17,37H,8-10H2,1-2H3/t27-/m1/s1. The van der Waals surface area contributed by atoms with Gasteiger partial charge in [0.05, 0.1) is 6.20 Å². The van der Waals surface area contributed by atoms with Gasteiger partial charge in [0.2, 0.25) is 0 Å². The number of benzene rings is 1. The van der Waals surface area contributed by atoms with E-state index in [1.165, 1.54) is 12.1 Å². The molecule has 0 saturated heterocycles. The molecule has 1 aliphatic rings. The largest absolute Gasteiger partial charge is 0.381 e. The number of nitrogens with zero attached hydrogens (tertiary/aromatic N) is 8. The lowest BCUT2D eigenvalue weighted by Gasteiger charge is -2.27. The number of aromatic nitrogens is 7. The first-order chi connectivity index (χ1) is 17.9. The van der Waals surface area contributed by atoms with E-state index in [-0.39, 0.29) is 5.82 Å². The van der Waals surface area contributed by atoms with Crippen LogP contribution in [0.3, 0.4) is 0 Å². The topological polar surface area (TPSA) is 97.3 Å². The smallest absolute Gasteiger partial charge is 0.156 e. The number of aliphatic hydroxyl groups is 1. The Kier molecular flexibility index (Phi) is 5.53. The lowest BCUT2D eigenvalue weighted by Crippen LogP contribution is -2.30. The van der Waals surface area contributed by atoms with E-state index in [9.17, 15) is 9.50 Å². The molecule has 0 bridgehead atoms. The summed E-state index contributed by atoms with van der Waals surface area (Å²) >= 11 is 0. The lowest BCUT2D eigenvalue weighted by atomic mass is 9.90. The van der Waals surface area contributed by atoms with Gasteiger partial charge in [0.15, 0.2) is 11.6 Å². The van der Waals surface area contributed by atoms with Crippen molar-refractivity contribution < 1.29 is 9.50 Å². The van der Waals surface area contributed by atoms with Crippen LogP contribution >= 0.6 is 0 Å². The zero-order chi connectivity index (χ0) is 25.6. The fraction of sp³-hybridized carbons (Fsp3) is 0.222. The van der Waals surface area contributed by atoms with Crippen molar-refractivity contribution in [1.29, 1.82) is 0 Å². The average Bonchev–Trinajstić information content (AvgIpc) is 3.55. The number of rotatable bonds is 5. The van der Waals surface area contributed by atoms with Gasteiger partial charge in [-0.25, -0.2) is 23.9 Å². The average molecular weight is 497 g/mol. The minimum atomic E-state index is -1.33. The molecule has 0 unspecified atom stereocenters. The van der Waals surface area contributed by atoms with Gasteiger partial charge < -0.3 is 10.0 Å². The van der Waals surface area contributed by atoms with Crippen LogP contribution in [0.15, 0.2) is 73.7 Å². The Labute approximate surface area is 212 Å². The first kappa shape index (κ1) is 23.0. The first-order valence-electron chi connectivity index (χ1n) is 12.0. The predicted octanol–water partition coefficient (Wildman–Crippen LogP) is 3.61. The molecule has 0 aliphatic carbocycles. The second kappa shape index (κ2) is 8.90. The molecule has 5 heterocycles. The van der Waals surface area contributed by atoms with Crippen LogP contribution < -0.4 is 4.90 Å². The summed E-state index contributed by atoms with van der Waals surface area (Å²) in [6.07, 6.45) is 13.5. The zero-order valence-corrected chi connectivity index (χ0v) is 20.5. The number of hydrogen-bond donors (Lipinski definition) is 1. The first-order valence-corrected chi connectivity index (χ1v) is 12.0. The van der Waals surface area contributed by atoms with Crippen LogP contribution in [-0.2, 0) is 12.6 Å². The van der Waals surface area contributed by atoms with Crippen molar-refractivity contribution in [3.8, 4) is 11.1 Å². The van der Waals surface area contributed by atoms with Crippen molar-refractivity contribution in [2.75, 3.05) is 18.0 Å². The van der Waals surface area contributed by atoms with E-state index >= 15 is 0 Å². The van der Waals surface area contributed by atoms with E-state index in [0.29, 0.717) is 23.5 Å². The summed E-state index contributed by atoms with van der Waals surface area (Å²) in [4.78, 5) is 15.8. The molecule has 0 saturated carbocycles. The molecular formula is C27H25FN8O. The fourth-order valence-corrected chi connectivity index (χ4v) is 4.64. The van der Waals surface area contributed by atoms with E-state index < -0.39 is 5.60 Å². The minimum absolute atomic E-state index is 0.349. The highest BCUT2D eigenvalue weighted by Gasteiger charge is 2.27. The number of anilines is 1. The summed E-state index contributed by atoms with van der Waals surface area (Å²) in [5.74, 6) is 1.15. The van der Waals surface area contributed by atoms with Gasteiger partial charge in [-0.05, 0) is 42.7 Å². The molecule has 4 aromatic heterocycles. The van der Waals surface area contributed by atoms with Crippen molar-refractivity contribution in [3.05, 3.63) is 96.5 Å². The van der Waals surface area contributed by atoms with Crippen LogP contribution in [0.5, 0.6) is 0 Å². The summed E-state index contributed by atoms with van der Waals surface area (Å²) in [6, 6.07) is 7.88. The molecule has 1 atom stereocenters.